The molecule has 0 amide bonds. The summed E-state index contributed by atoms with van der Waals surface area (Å²) in [4.78, 5) is 11.7. The van der Waals surface area contributed by atoms with Gasteiger partial charge in [-0.1, -0.05) is 33.1 Å². The van der Waals surface area contributed by atoms with Gasteiger partial charge in [0, 0.05) is 13.0 Å². The van der Waals surface area contributed by atoms with Crippen molar-refractivity contribution in [1.82, 2.24) is 5.32 Å². The van der Waals surface area contributed by atoms with Crippen molar-refractivity contribution in [3.63, 3.8) is 0 Å². The second-order valence-electron chi connectivity index (χ2n) is 4.90. The summed E-state index contributed by atoms with van der Waals surface area (Å²) in [5, 5.41) is 12.3. The van der Waals surface area contributed by atoms with Crippen molar-refractivity contribution in [2.45, 2.75) is 58.1 Å². The zero-order chi connectivity index (χ0) is 12.7. The Kier molecular flexibility index (Phi) is 6.52. The molecule has 0 saturated carbocycles. The van der Waals surface area contributed by atoms with E-state index in [-0.39, 0.29) is 12.0 Å². The first-order chi connectivity index (χ1) is 8.17. The third kappa shape index (κ3) is 5.04. The topological polar surface area (TPSA) is 58.6 Å². The number of carbonyl (C=O) groups is 1. The minimum Gasteiger partial charge on any atom is -0.464 e. The molecule has 1 aliphatic rings. The molecule has 100 valence electrons. The number of aliphatic hydroxyl groups is 1. The Morgan fingerprint density at radius 1 is 1.53 bits per heavy atom. The fourth-order valence-electron chi connectivity index (χ4n) is 2.10. The van der Waals surface area contributed by atoms with Crippen LogP contribution in [-0.2, 0) is 9.53 Å². The predicted octanol–water partition coefficient (Wildman–Crippen LogP) is 1.47. The average molecular weight is 243 g/mol. The van der Waals surface area contributed by atoms with E-state index < -0.39 is 6.10 Å². The van der Waals surface area contributed by atoms with E-state index in [9.17, 15) is 9.90 Å². The van der Waals surface area contributed by atoms with Crippen molar-refractivity contribution in [3.05, 3.63) is 0 Å². The van der Waals surface area contributed by atoms with Gasteiger partial charge in [0.15, 0.2) is 0 Å². The van der Waals surface area contributed by atoms with E-state index in [1.165, 1.54) is 12.8 Å². The minimum absolute atomic E-state index is 0.212. The van der Waals surface area contributed by atoms with Gasteiger partial charge < -0.3 is 15.2 Å². The van der Waals surface area contributed by atoms with E-state index >= 15 is 0 Å². The number of ether oxygens (including phenoxy) is 1. The molecule has 4 heteroatoms. The van der Waals surface area contributed by atoms with Crippen LogP contribution in [0.2, 0.25) is 0 Å². The van der Waals surface area contributed by atoms with Crippen LogP contribution in [0.4, 0.5) is 0 Å². The molecule has 17 heavy (non-hydrogen) atoms. The second-order valence-corrected chi connectivity index (χ2v) is 4.90. The van der Waals surface area contributed by atoms with E-state index in [0.29, 0.717) is 25.5 Å². The fourth-order valence-corrected chi connectivity index (χ4v) is 2.10. The number of nitrogens with one attached hydrogen (secondary N) is 1. The molecule has 0 aromatic rings. The Bertz CT molecular complexity index is 233. The highest BCUT2D eigenvalue weighted by Crippen LogP contribution is 2.14. The second kappa shape index (κ2) is 7.67. The van der Waals surface area contributed by atoms with Crippen LogP contribution in [0.3, 0.4) is 0 Å². The highest BCUT2D eigenvalue weighted by Gasteiger charge is 2.29. The van der Waals surface area contributed by atoms with Crippen LogP contribution in [0.15, 0.2) is 0 Å². The molecular weight excluding hydrogens is 218 g/mol. The molecule has 1 aliphatic heterocycles. The number of esters is 1. The zero-order valence-electron chi connectivity index (χ0n) is 10.9. The van der Waals surface area contributed by atoms with Crippen molar-refractivity contribution in [1.29, 1.82) is 0 Å². The van der Waals surface area contributed by atoms with Crippen molar-refractivity contribution >= 4 is 5.97 Å². The number of aliphatic hydroxyl groups excluding tert-OH is 1. The monoisotopic (exact) mass is 243 g/mol. The number of rotatable bonds is 7. The van der Waals surface area contributed by atoms with Gasteiger partial charge in [0.05, 0.1) is 12.7 Å². The quantitative estimate of drug-likeness (QED) is 0.665. The average Bonchev–Trinajstić information content (AvgIpc) is 2.76. The van der Waals surface area contributed by atoms with Gasteiger partial charge in [-0.3, -0.25) is 4.79 Å². The van der Waals surface area contributed by atoms with Crippen molar-refractivity contribution < 1.29 is 14.6 Å². The minimum atomic E-state index is -0.408. The van der Waals surface area contributed by atoms with Crippen LogP contribution in [0.25, 0.3) is 0 Å². The van der Waals surface area contributed by atoms with E-state index in [1.54, 1.807) is 0 Å². The number of β-amino-alcohol motifs (C(OH)–C–C–N with tert-alkyl or cyclic N) is 1. The molecule has 0 bridgehead atoms. The molecule has 0 aliphatic carbocycles. The first kappa shape index (κ1) is 14.5. The lowest BCUT2D eigenvalue weighted by Gasteiger charge is -2.16. The normalized spacial score (nSPS) is 25.8. The Morgan fingerprint density at radius 2 is 2.29 bits per heavy atom. The maximum absolute atomic E-state index is 11.7. The summed E-state index contributed by atoms with van der Waals surface area (Å²) < 4.78 is 5.31. The van der Waals surface area contributed by atoms with Crippen LogP contribution in [0.5, 0.6) is 0 Å². The molecular formula is C13H25NO3. The summed E-state index contributed by atoms with van der Waals surface area (Å²) >= 11 is 0. The van der Waals surface area contributed by atoms with Crippen LogP contribution in [0, 0.1) is 5.92 Å². The van der Waals surface area contributed by atoms with Gasteiger partial charge in [-0.05, 0) is 12.3 Å². The van der Waals surface area contributed by atoms with Crippen LogP contribution in [0.1, 0.15) is 46.0 Å². The Hall–Kier alpha value is -0.610. The molecule has 1 fully saturated rings. The standard InChI is InChI=1S/C13H25NO3/c1-3-5-6-10(4-2)9-17-13(16)12-7-11(15)8-14-12/h10-12,14-15H,3-9H2,1-2H3. The summed E-state index contributed by atoms with van der Waals surface area (Å²) in [6.45, 7) is 5.31. The van der Waals surface area contributed by atoms with Crippen LogP contribution < -0.4 is 5.32 Å². The third-order valence-electron chi connectivity index (χ3n) is 3.40. The maximum Gasteiger partial charge on any atom is 0.323 e. The number of carbonyl (C=O) groups excluding carboxylic acids is 1. The molecule has 2 N–H and O–H groups in total. The molecule has 0 aromatic heterocycles. The Labute approximate surface area is 104 Å². The largest absolute Gasteiger partial charge is 0.464 e. The van der Waals surface area contributed by atoms with Crippen molar-refractivity contribution in [2.75, 3.05) is 13.2 Å². The van der Waals surface area contributed by atoms with E-state index in [2.05, 4.69) is 19.2 Å². The molecule has 0 spiro atoms. The fraction of sp³-hybridized carbons (Fsp3) is 0.923. The molecule has 1 heterocycles. The van der Waals surface area contributed by atoms with Gasteiger partial charge in [0.25, 0.3) is 0 Å². The Balaban J connectivity index is 2.21. The van der Waals surface area contributed by atoms with Gasteiger partial charge in [-0.2, -0.15) is 0 Å². The molecule has 1 rings (SSSR count). The first-order valence-electron chi connectivity index (χ1n) is 6.75. The molecule has 0 radical (unpaired) electrons. The lowest BCUT2D eigenvalue weighted by molar-refractivity contribution is -0.147. The summed E-state index contributed by atoms with van der Waals surface area (Å²) in [7, 11) is 0. The van der Waals surface area contributed by atoms with E-state index in [1.807, 2.05) is 0 Å². The van der Waals surface area contributed by atoms with E-state index in [4.69, 9.17) is 4.74 Å². The maximum atomic E-state index is 11.7. The third-order valence-corrected chi connectivity index (χ3v) is 3.40. The SMILES string of the molecule is CCCCC(CC)COC(=O)C1CC(O)CN1. The molecule has 3 unspecified atom stereocenters. The van der Waals surface area contributed by atoms with Crippen LogP contribution in [-0.4, -0.2) is 36.4 Å². The molecule has 3 atom stereocenters. The molecule has 4 nitrogen and oxygen atoms in total. The summed E-state index contributed by atoms with van der Waals surface area (Å²) in [5.41, 5.74) is 0. The predicted molar refractivity (Wildman–Crippen MR) is 66.7 cm³/mol. The van der Waals surface area contributed by atoms with E-state index in [0.717, 1.165) is 12.8 Å². The van der Waals surface area contributed by atoms with Crippen molar-refractivity contribution in [3.8, 4) is 0 Å². The highest BCUT2D eigenvalue weighted by atomic mass is 16.5. The highest BCUT2D eigenvalue weighted by molar-refractivity contribution is 5.76. The summed E-state index contributed by atoms with van der Waals surface area (Å²) in [6, 6.07) is -0.311. The van der Waals surface area contributed by atoms with Gasteiger partial charge in [0.1, 0.15) is 6.04 Å². The smallest absolute Gasteiger partial charge is 0.323 e. The van der Waals surface area contributed by atoms with Crippen LogP contribution >= 0.6 is 0 Å². The van der Waals surface area contributed by atoms with Gasteiger partial charge in [-0.15, -0.1) is 0 Å². The van der Waals surface area contributed by atoms with Gasteiger partial charge in [-0.25, -0.2) is 0 Å². The first-order valence-corrected chi connectivity index (χ1v) is 6.75. The van der Waals surface area contributed by atoms with Gasteiger partial charge in [0.2, 0.25) is 0 Å². The summed E-state index contributed by atoms with van der Waals surface area (Å²) in [6.07, 6.45) is 4.62. The molecule has 1 saturated heterocycles. The summed E-state index contributed by atoms with van der Waals surface area (Å²) in [5.74, 6) is 0.265. The number of unbranched alkanes of at least 4 members (excludes halogenated alkanes) is 1. The van der Waals surface area contributed by atoms with Gasteiger partial charge >= 0.3 is 5.97 Å². The zero-order valence-corrected chi connectivity index (χ0v) is 10.9. The van der Waals surface area contributed by atoms with Crippen molar-refractivity contribution in [2.24, 2.45) is 5.92 Å². The lowest BCUT2D eigenvalue weighted by Crippen LogP contribution is -2.33. The number of hydrogen-bond donors (Lipinski definition) is 2. The molecule has 0 aromatic carbocycles. The lowest BCUT2D eigenvalue weighted by atomic mass is 10.0. The Morgan fingerprint density at radius 3 is 2.82 bits per heavy atom. The number of hydrogen-bond acceptors (Lipinski definition) is 4.